The monoisotopic (exact) mass is 291 g/mol. The topological polar surface area (TPSA) is 44.5 Å². The highest BCUT2D eigenvalue weighted by atomic mass is 19.4. The third-order valence-corrected chi connectivity index (χ3v) is 3.65. The highest BCUT2D eigenvalue weighted by Crippen LogP contribution is 2.38. The first-order valence-corrected chi connectivity index (χ1v) is 6.45. The van der Waals surface area contributed by atoms with Crippen LogP contribution in [-0.4, -0.2) is 19.1 Å². The lowest BCUT2D eigenvalue weighted by Crippen LogP contribution is -2.42. The highest BCUT2D eigenvalue weighted by molar-refractivity contribution is 5.37. The van der Waals surface area contributed by atoms with Crippen molar-refractivity contribution in [3.05, 3.63) is 29.8 Å². The molecule has 0 spiro atoms. The van der Waals surface area contributed by atoms with E-state index in [1.165, 1.54) is 25.3 Å². The number of benzene rings is 1. The molecule has 1 rings (SSSR count). The van der Waals surface area contributed by atoms with Crippen molar-refractivity contribution in [2.45, 2.75) is 44.7 Å². The molecule has 0 aliphatic rings. The van der Waals surface area contributed by atoms with E-state index in [1.54, 1.807) is 6.07 Å². The van der Waals surface area contributed by atoms with Gasteiger partial charge in [0, 0.05) is 12.7 Å². The molecule has 6 heteroatoms. The molecule has 0 saturated heterocycles. The molecule has 1 atom stereocenters. The van der Waals surface area contributed by atoms with Crippen LogP contribution in [0.1, 0.15) is 38.3 Å². The fraction of sp³-hybridized carbons (Fsp3) is 0.571. The van der Waals surface area contributed by atoms with Gasteiger partial charge in [-0.05, 0) is 18.9 Å². The molecule has 114 valence electrons. The molecule has 2 N–H and O–H groups in total. The van der Waals surface area contributed by atoms with Crippen molar-refractivity contribution >= 4 is 0 Å². The van der Waals surface area contributed by atoms with Crippen molar-refractivity contribution in [1.82, 2.24) is 0 Å². The van der Waals surface area contributed by atoms with E-state index in [4.69, 9.17) is 10.5 Å². The number of hydrogen-bond acceptors (Lipinski definition) is 3. The van der Waals surface area contributed by atoms with Crippen LogP contribution in [0.2, 0.25) is 0 Å². The van der Waals surface area contributed by atoms with E-state index in [0.717, 1.165) is 0 Å². The van der Waals surface area contributed by atoms with Crippen LogP contribution in [0.4, 0.5) is 13.2 Å². The molecule has 0 bridgehead atoms. The van der Waals surface area contributed by atoms with E-state index < -0.39 is 18.0 Å². The molecule has 0 fully saturated rings. The normalized spacial score (nSPS) is 14.2. The smallest absolute Gasteiger partial charge is 0.405 e. The summed E-state index contributed by atoms with van der Waals surface area (Å²) in [6, 6.07) is 5.19. The van der Waals surface area contributed by atoms with Crippen LogP contribution in [0.3, 0.4) is 0 Å². The van der Waals surface area contributed by atoms with E-state index in [1.807, 2.05) is 13.8 Å². The Morgan fingerprint density at radius 3 is 2.15 bits per heavy atom. The van der Waals surface area contributed by atoms with Gasteiger partial charge in [-0.15, -0.1) is 13.2 Å². The van der Waals surface area contributed by atoms with Crippen LogP contribution in [0, 0.1) is 0 Å². The number of alkyl halides is 3. The summed E-state index contributed by atoms with van der Waals surface area (Å²) in [4.78, 5) is 0. The minimum Gasteiger partial charge on any atom is -0.405 e. The third kappa shape index (κ3) is 3.64. The molecule has 0 aliphatic carbocycles. The number of rotatable bonds is 6. The average Bonchev–Trinajstić information content (AvgIpc) is 2.40. The van der Waals surface area contributed by atoms with Crippen molar-refractivity contribution in [2.75, 3.05) is 7.11 Å². The summed E-state index contributed by atoms with van der Waals surface area (Å²) in [7, 11) is 1.51. The predicted octanol–water partition coefficient (Wildman–Crippen LogP) is 3.79. The molecule has 1 aromatic carbocycles. The van der Waals surface area contributed by atoms with E-state index in [2.05, 4.69) is 4.74 Å². The van der Waals surface area contributed by atoms with Gasteiger partial charge in [-0.1, -0.05) is 32.0 Å². The number of hydrogen-bond donors (Lipinski definition) is 1. The van der Waals surface area contributed by atoms with Gasteiger partial charge in [0.25, 0.3) is 0 Å². The molecule has 3 nitrogen and oxygen atoms in total. The van der Waals surface area contributed by atoms with Crippen LogP contribution < -0.4 is 10.5 Å². The van der Waals surface area contributed by atoms with Gasteiger partial charge in [-0.25, -0.2) is 0 Å². The Morgan fingerprint density at radius 2 is 1.70 bits per heavy atom. The van der Waals surface area contributed by atoms with Crippen molar-refractivity contribution in [3.8, 4) is 5.75 Å². The maximum Gasteiger partial charge on any atom is 0.573 e. The van der Waals surface area contributed by atoms with Gasteiger partial charge in [0.1, 0.15) is 5.75 Å². The number of nitrogens with two attached hydrogens (primary N) is 1. The Hall–Kier alpha value is -1.27. The Morgan fingerprint density at radius 1 is 1.15 bits per heavy atom. The SMILES string of the molecule is CCC(CC)(OC)C(N)c1ccccc1OC(F)(F)F. The molecular weight excluding hydrogens is 271 g/mol. The summed E-state index contributed by atoms with van der Waals surface area (Å²) in [6.07, 6.45) is -3.58. The number of halogens is 3. The minimum absolute atomic E-state index is 0.282. The maximum absolute atomic E-state index is 12.4. The van der Waals surface area contributed by atoms with Crippen LogP contribution >= 0.6 is 0 Å². The van der Waals surface area contributed by atoms with Gasteiger partial charge >= 0.3 is 6.36 Å². The van der Waals surface area contributed by atoms with Gasteiger partial charge in [-0.2, -0.15) is 0 Å². The molecule has 0 heterocycles. The van der Waals surface area contributed by atoms with Crippen LogP contribution in [0.5, 0.6) is 5.75 Å². The fourth-order valence-electron chi connectivity index (χ4n) is 2.34. The van der Waals surface area contributed by atoms with Gasteiger partial charge in [0.05, 0.1) is 11.6 Å². The van der Waals surface area contributed by atoms with Crippen molar-refractivity contribution in [2.24, 2.45) is 5.73 Å². The van der Waals surface area contributed by atoms with Crippen LogP contribution in [0.15, 0.2) is 24.3 Å². The first-order chi connectivity index (χ1) is 9.29. The van der Waals surface area contributed by atoms with E-state index in [-0.39, 0.29) is 11.3 Å². The molecule has 1 aromatic rings. The molecule has 0 radical (unpaired) electrons. The lowest BCUT2D eigenvalue weighted by molar-refractivity contribution is -0.275. The first-order valence-electron chi connectivity index (χ1n) is 6.45. The second-order valence-electron chi connectivity index (χ2n) is 4.54. The number of methoxy groups -OCH3 is 1. The first kappa shape index (κ1) is 16.8. The molecule has 0 aliphatic heterocycles. The summed E-state index contributed by atoms with van der Waals surface area (Å²) in [5, 5.41) is 0. The largest absolute Gasteiger partial charge is 0.573 e. The minimum atomic E-state index is -4.75. The van der Waals surface area contributed by atoms with E-state index in [0.29, 0.717) is 12.8 Å². The molecule has 0 amide bonds. The standard InChI is InChI=1S/C14H20F3NO2/c1-4-13(5-2,19-3)12(18)10-8-6-7-9-11(10)20-14(15,16)17/h6-9,12H,4-5,18H2,1-3H3. The molecule has 20 heavy (non-hydrogen) atoms. The van der Waals surface area contributed by atoms with Crippen LogP contribution in [0.25, 0.3) is 0 Å². The molecule has 0 aromatic heterocycles. The van der Waals surface area contributed by atoms with Gasteiger partial charge < -0.3 is 15.2 Å². The average molecular weight is 291 g/mol. The summed E-state index contributed by atoms with van der Waals surface area (Å²) in [5.74, 6) is -0.282. The van der Waals surface area contributed by atoms with Crippen molar-refractivity contribution < 1.29 is 22.6 Å². The highest BCUT2D eigenvalue weighted by Gasteiger charge is 2.38. The fourth-order valence-corrected chi connectivity index (χ4v) is 2.34. The lowest BCUT2D eigenvalue weighted by atomic mass is 9.84. The Bertz CT molecular complexity index is 422. The van der Waals surface area contributed by atoms with Gasteiger partial charge in [0.15, 0.2) is 0 Å². The second-order valence-corrected chi connectivity index (χ2v) is 4.54. The summed E-state index contributed by atoms with van der Waals surface area (Å²) < 4.78 is 46.8. The molecule has 1 unspecified atom stereocenters. The Labute approximate surface area is 116 Å². The predicted molar refractivity (Wildman–Crippen MR) is 70.4 cm³/mol. The maximum atomic E-state index is 12.4. The van der Waals surface area contributed by atoms with Gasteiger partial charge in [0.2, 0.25) is 0 Å². The number of ether oxygens (including phenoxy) is 2. The summed E-state index contributed by atoms with van der Waals surface area (Å²) in [6.45, 7) is 3.78. The van der Waals surface area contributed by atoms with E-state index in [9.17, 15) is 13.2 Å². The second kappa shape index (κ2) is 6.45. The quantitative estimate of drug-likeness (QED) is 0.867. The van der Waals surface area contributed by atoms with E-state index >= 15 is 0 Å². The van der Waals surface area contributed by atoms with Gasteiger partial charge in [-0.3, -0.25) is 0 Å². The van der Waals surface area contributed by atoms with Crippen molar-refractivity contribution in [3.63, 3.8) is 0 Å². The summed E-state index contributed by atoms with van der Waals surface area (Å²) in [5.41, 5.74) is 5.72. The number of para-hydroxylation sites is 1. The molecular formula is C14H20F3NO2. The Kier molecular flexibility index (Phi) is 5.42. The van der Waals surface area contributed by atoms with Crippen LogP contribution in [-0.2, 0) is 4.74 Å². The third-order valence-electron chi connectivity index (χ3n) is 3.65. The lowest BCUT2D eigenvalue weighted by Gasteiger charge is -2.37. The summed E-state index contributed by atoms with van der Waals surface area (Å²) >= 11 is 0. The zero-order valence-electron chi connectivity index (χ0n) is 11.8. The van der Waals surface area contributed by atoms with Crippen molar-refractivity contribution in [1.29, 1.82) is 0 Å². The Balaban J connectivity index is 3.18. The molecule has 0 saturated carbocycles. The zero-order chi connectivity index (χ0) is 15.4. The zero-order valence-corrected chi connectivity index (χ0v) is 11.8.